The van der Waals surface area contributed by atoms with E-state index in [4.69, 9.17) is 5.84 Å². The van der Waals surface area contributed by atoms with Crippen molar-refractivity contribution in [2.24, 2.45) is 12.9 Å². The monoisotopic (exact) mass is 326 g/mol. The smallest absolute Gasteiger partial charge is 0.129 e. The molecule has 0 spiro atoms. The van der Waals surface area contributed by atoms with Gasteiger partial charge in [0.1, 0.15) is 5.82 Å². The highest BCUT2D eigenvalue weighted by Gasteiger charge is 2.17. The van der Waals surface area contributed by atoms with Gasteiger partial charge in [0.2, 0.25) is 0 Å². The van der Waals surface area contributed by atoms with Crippen molar-refractivity contribution in [2.45, 2.75) is 18.9 Å². The minimum atomic E-state index is -0.262. The van der Waals surface area contributed by atoms with E-state index in [1.807, 2.05) is 23.9 Å². The van der Waals surface area contributed by atoms with Crippen LogP contribution in [0, 0.1) is 5.82 Å². The van der Waals surface area contributed by atoms with E-state index in [1.165, 1.54) is 6.07 Å². The Morgan fingerprint density at radius 3 is 2.84 bits per heavy atom. The van der Waals surface area contributed by atoms with Gasteiger partial charge in [-0.1, -0.05) is 22.0 Å². The summed E-state index contributed by atoms with van der Waals surface area (Å²) in [6, 6.07) is 6.62. The van der Waals surface area contributed by atoms with Gasteiger partial charge in [0.15, 0.2) is 0 Å². The Bertz CT molecular complexity index is 535. The number of hydrogen-bond acceptors (Lipinski definition) is 3. The van der Waals surface area contributed by atoms with Crippen LogP contribution in [-0.2, 0) is 13.5 Å². The molecule has 0 aliphatic heterocycles. The molecule has 0 amide bonds. The molecule has 2 aromatic rings. The minimum Gasteiger partial charge on any atom is -0.273 e. The van der Waals surface area contributed by atoms with Crippen LogP contribution in [0.2, 0.25) is 0 Å². The molecule has 102 valence electrons. The average Bonchev–Trinajstić information content (AvgIpc) is 2.78. The summed E-state index contributed by atoms with van der Waals surface area (Å²) in [5.74, 6) is 5.30. The Hall–Kier alpha value is -1.24. The zero-order valence-corrected chi connectivity index (χ0v) is 12.2. The Kier molecular flexibility index (Phi) is 4.68. The Balaban J connectivity index is 2.15. The van der Waals surface area contributed by atoms with Crippen molar-refractivity contribution >= 4 is 15.9 Å². The molecule has 1 heterocycles. The van der Waals surface area contributed by atoms with E-state index in [9.17, 15) is 4.39 Å². The lowest BCUT2D eigenvalue weighted by Crippen LogP contribution is -2.29. The molecule has 0 fully saturated rings. The van der Waals surface area contributed by atoms with E-state index < -0.39 is 0 Å². The fourth-order valence-corrected chi connectivity index (χ4v) is 2.71. The van der Waals surface area contributed by atoms with Crippen molar-refractivity contribution in [3.05, 3.63) is 52.0 Å². The largest absolute Gasteiger partial charge is 0.273 e. The summed E-state index contributed by atoms with van der Waals surface area (Å²) in [4.78, 5) is 0. The van der Waals surface area contributed by atoms with Gasteiger partial charge in [-0.25, -0.2) is 4.39 Å². The van der Waals surface area contributed by atoms with Crippen molar-refractivity contribution < 1.29 is 4.39 Å². The van der Waals surface area contributed by atoms with Gasteiger partial charge in [-0.3, -0.25) is 16.0 Å². The zero-order valence-electron chi connectivity index (χ0n) is 10.6. The third-order valence-electron chi connectivity index (χ3n) is 3.16. The number of halogens is 2. The molecule has 1 unspecified atom stereocenters. The van der Waals surface area contributed by atoms with Crippen molar-refractivity contribution in [3.63, 3.8) is 0 Å². The molecule has 0 aliphatic rings. The number of hydrazine groups is 1. The van der Waals surface area contributed by atoms with E-state index in [2.05, 4.69) is 26.5 Å². The van der Waals surface area contributed by atoms with Crippen LogP contribution in [0.5, 0.6) is 0 Å². The lowest BCUT2D eigenvalue weighted by Gasteiger charge is -2.18. The standard InChI is InChI=1S/C13H16BrFN4/c1-19-9(7-8-17-19)5-6-12(18-16)13-10(14)3-2-4-11(13)15/h2-4,7-8,12,18H,5-6,16H2,1H3. The van der Waals surface area contributed by atoms with Crippen molar-refractivity contribution in [2.75, 3.05) is 0 Å². The van der Waals surface area contributed by atoms with Gasteiger partial charge in [-0.15, -0.1) is 0 Å². The van der Waals surface area contributed by atoms with Gasteiger partial charge in [0.05, 0.1) is 6.04 Å². The molecular weight excluding hydrogens is 311 g/mol. The SMILES string of the molecule is Cn1nccc1CCC(NN)c1c(F)cccc1Br. The lowest BCUT2D eigenvalue weighted by atomic mass is 10.0. The summed E-state index contributed by atoms with van der Waals surface area (Å²) in [6.07, 6.45) is 3.21. The second kappa shape index (κ2) is 6.27. The second-order valence-corrected chi connectivity index (χ2v) is 5.19. The third kappa shape index (κ3) is 3.20. The molecule has 6 heteroatoms. The van der Waals surface area contributed by atoms with Crippen LogP contribution in [0.4, 0.5) is 4.39 Å². The summed E-state index contributed by atoms with van der Waals surface area (Å²) in [6.45, 7) is 0. The van der Waals surface area contributed by atoms with Gasteiger partial charge in [0.25, 0.3) is 0 Å². The number of nitrogens with two attached hydrogens (primary N) is 1. The number of aromatic nitrogens is 2. The van der Waals surface area contributed by atoms with Crippen LogP contribution in [-0.4, -0.2) is 9.78 Å². The van der Waals surface area contributed by atoms with Crippen LogP contribution < -0.4 is 11.3 Å². The van der Waals surface area contributed by atoms with Gasteiger partial charge < -0.3 is 0 Å². The summed E-state index contributed by atoms with van der Waals surface area (Å²) in [5.41, 5.74) is 4.33. The molecule has 1 aromatic heterocycles. The first-order valence-corrected chi connectivity index (χ1v) is 6.79. The van der Waals surface area contributed by atoms with Crippen LogP contribution in [0.15, 0.2) is 34.9 Å². The Morgan fingerprint density at radius 2 is 2.26 bits per heavy atom. The quantitative estimate of drug-likeness (QED) is 0.655. The molecule has 1 atom stereocenters. The number of aryl methyl sites for hydroxylation is 2. The van der Waals surface area contributed by atoms with E-state index in [1.54, 1.807) is 12.3 Å². The molecule has 4 nitrogen and oxygen atoms in total. The maximum absolute atomic E-state index is 13.9. The van der Waals surface area contributed by atoms with Crippen LogP contribution >= 0.6 is 15.9 Å². The fourth-order valence-electron chi connectivity index (χ4n) is 2.09. The molecule has 3 N–H and O–H groups in total. The molecule has 0 saturated heterocycles. The molecule has 1 aromatic carbocycles. The number of nitrogens with zero attached hydrogens (tertiary/aromatic N) is 2. The molecule has 0 radical (unpaired) electrons. The number of rotatable bonds is 5. The number of hydrogen-bond donors (Lipinski definition) is 2. The van der Waals surface area contributed by atoms with E-state index in [0.29, 0.717) is 12.0 Å². The van der Waals surface area contributed by atoms with Crippen LogP contribution in [0.25, 0.3) is 0 Å². The first-order chi connectivity index (χ1) is 9.13. The first kappa shape index (κ1) is 14.2. The predicted octanol–water partition coefficient (Wildman–Crippen LogP) is 2.46. The number of benzene rings is 1. The topological polar surface area (TPSA) is 55.9 Å². The predicted molar refractivity (Wildman–Crippen MR) is 75.7 cm³/mol. The van der Waals surface area contributed by atoms with Crippen LogP contribution in [0.3, 0.4) is 0 Å². The molecule has 2 rings (SSSR count). The van der Waals surface area contributed by atoms with Gasteiger partial charge in [-0.2, -0.15) is 5.10 Å². The second-order valence-electron chi connectivity index (χ2n) is 4.34. The van der Waals surface area contributed by atoms with E-state index >= 15 is 0 Å². The Labute approximate surface area is 119 Å². The van der Waals surface area contributed by atoms with Gasteiger partial charge in [0, 0.05) is 29.0 Å². The summed E-state index contributed by atoms with van der Waals surface area (Å²) < 4.78 is 16.4. The molecule has 0 bridgehead atoms. The molecule has 0 saturated carbocycles. The first-order valence-electron chi connectivity index (χ1n) is 6.00. The van der Waals surface area contributed by atoms with E-state index in [-0.39, 0.29) is 11.9 Å². The van der Waals surface area contributed by atoms with Gasteiger partial charge in [-0.05, 0) is 31.0 Å². The normalized spacial score (nSPS) is 12.6. The minimum absolute atomic E-state index is 0.245. The fraction of sp³-hybridized carbons (Fsp3) is 0.308. The summed E-state index contributed by atoms with van der Waals surface area (Å²) >= 11 is 3.37. The maximum Gasteiger partial charge on any atom is 0.129 e. The molecule has 0 aliphatic carbocycles. The Morgan fingerprint density at radius 1 is 1.47 bits per heavy atom. The highest BCUT2D eigenvalue weighted by atomic mass is 79.9. The summed E-state index contributed by atoms with van der Waals surface area (Å²) in [7, 11) is 1.89. The van der Waals surface area contributed by atoms with Crippen molar-refractivity contribution in [1.29, 1.82) is 0 Å². The van der Waals surface area contributed by atoms with Crippen molar-refractivity contribution in [1.82, 2.24) is 15.2 Å². The van der Waals surface area contributed by atoms with Gasteiger partial charge >= 0.3 is 0 Å². The molecule has 19 heavy (non-hydrogen) atoms. The average molecular weight is 327 g/mol. The highest BCUT2D eigenvalue weighted by molar-refractivity contribution is 9.10. The maximum atomic E-state index is 13.9. The molecular formula is C13H16BrFN4. The zero-order chi connectivity index (χ0) is 13.8. The summed E-state index contributed by atoms with van der Waals surface area (Å²) in [5, 5.41) is 4.11. The van der Waals surface area contributed by atoms with Crippen LogP contribution in [0.1, 0.15) is 23.7 Å². The third-order valence-corrected chi connectivity index (χ3v) is 3.85. The number of nitrogens with one attached hydrogen (secondary N) is 1. The highest BCUT2D eigenvalue weighted by Crippen LogP contribution is 2.28. The lowest BCUT2D eigenvalue weighted by molar-refractivity contribution is 0.477. The van der Waals surface area contributed by atoms with E-state index in [0.717, 1.165) is 16.6 Å². The van der Waals surface area contributed by atoms with Crippen molar-refractivity contribution in [3.8, 4) is 0 Å².